The van der Waals surface area contributed by atoms with Gasteiger partial charge in [0.2, 0.25) is 6.04 Å². The van der Waals surface area contributed by atoms with E-state index in [2.05, 4.69) is 57.6 Å². The van der Waals surface area contributed by atoms with E-state index in [0.29, 0.717) is 0 Å². The topological polar surface area (TPSA) is 33.0 Å². The van der Waals surface area contributed by atoms with E-state index < -0.39 is 0 Å². The highest BCUT2D eigenvalue weighted by Gasteiger charge is 2.21. The van der Waals surface area contributed by atoms with E-state index in [9.17, 15) is 4.79 Å². The van der Waals surface area contributed by atoms with Crippen molar-refractivity contribution in [3.05, 3.63) is 94.2 Å². The molecule has 3 rings (SSSR count). The first-order valence-corrected chi connectivity index (χ1v) is 9.43. The van der Waals surface area contributed by atoms with E-state index in [1.54, 1.807) is 0 Å². The molecule has 1 N–H and O–H groups in total. The first kappa shape index (κ1) is 18.3. The Kier molecular flexibility index (Phi) is 5.84. The highest BCUT2D eigenvalue weighted by atomic mass is 79.9. The van der Waals surface area contributed by atoms with Crippen LogP contribution in [-0.4, -0.2) is 5.91 Å². The van der Waals surface area contributed by atoms with Gasteiger partial charge in [-0.3, -0.25) is 4.79 Å². The maximum atomic E-state index is 12.5. The number of aromatic nitrogens is 1. The first-order valence-electron chi connectivity index (χ1n) is 8.63. The second-order valence-corrected chi connectivity index (χ2v) is 7.30. The molecule has 0 spiro atoms. The van der Waals surface area contributed by atoms with Crippen molar-refractivity contribution < 1.29 is 9.36 Å². The van der Waals surface area contributed by atoms with Gasteiger partial charge in [-0.25, -0.2) is 0 Å². The summed E-state index contributed by atoms with van der Waals surface area (Å²) in [4.78, 5) is 12.5. The molecule has 1 aromatic heterocycles. The number of rotatable bonds is 5. The molecule has 26 heavy (non-hydrogen) atoms. The SMILES string of the molecule is Cc1cc(NC(=O)[C@@H](C)[n+]2ccc(Cc3ccccc3)cc2)ccc1Br. The number of nitrogens with zero attached hydrogens (tertiary/aromatic N) is 1. The summed E-state index contributed by atoms with van der Waals surface area (Å²) in [5, 5.41) is 2.98. The summed E-state index contributed by atoms with van der Waals surface area (Å²) >= 11 is 3.47. The van der Waals surface area contributed by atoms with Gasteiger partial charge in [0.1, 0.15) is 0 Å². The van der Waals surface area contributed by atoms with Crippen molar-refractivity contribution in [3.63, 3.8) is 0 Å². The van der Waals surface area contributed by atoms with Gasteiger partial charge < -0.3 is 5.32 Å². The van der Waals surface area contributed by atoms with Crippen LogP contribution in [0, 0.1) is 6.92 Å². The van der Waals surface area contributed by atoms with Crippen LogP contribution in [0.5, 0.6) is 0 Å². The number of pyridine rings is 1. The number of hydrogen-bond acceptors (Lipinski definition) is 1. The van der Waals surface area contributed by atoms with Gasteiger partial charge in [-0.15, -0.1) is 0 Å². The Bertz CT molecular complexity index is 892. The summed E-state index contributed by atoms with van der Waals surface area (Å²) in [7, 11) is 0. The van der Waals surface area contributed by atoms with Crippen LogP contribution in [0.2, 0.25) is 0 Å². The maximum Gasteiger partial charge on any atom is 0.293 e. The Morgan fingerprint density at radius 3 is 2.35 bits per heavy atom. The summed E-state index contributed by atoms with van der Waals surface area (Å²) in [6.07, 6.45) is 4.82. The third kappa shape index (κ3) is 4.58. The number of nitrogens with one attached hydrogen (secondary N) is 1. The number of aryl methyl sites for hydroxylation is 1. The van der Waals surface area contributed by atoms with Crippen molar-refractivity contribution in [3.8, 4) is 0 Å². The normalized spacial score (nSPS) is 11.8. The zero-order valence-electron chi connectivity index (χ0n) is 14.9. The quantitative estimate of drug-likeness (QED) is 0.601. The van der Waals surface area contributed by atoms with Crippen molar-refractivity contribution >= 4 is 27.5 Å². The molecular weight excluding hydrogens is 388 g/mol. The van der Waals surface area contributed by atoms with Crippen molar-refractivity contribution in [2.24, 2.45) is 0 Å². The summed E-state index contributed by atoms with van der Waals surface area (Å²) < 4.78 is 2.96. The minimum Gasteiger partial charge on any atom is -0.320 e. The molecule has 0 bridgehead atoms. The first-order chi connectivity index (χ1) is 12.5. The summed E-state index contributed by atoms with van der Waals surface area (Å²) in [5.74, 6) is -0.0347. The van der Waals surface area contributed by atoms with Crippen LogP contribution in [0.4, 0.5) is 5.69 Å². The minimum atomic E-state index is -0.287. The third-order valence-electron chi connectivity index (χ3n) is 4.42. The molecule has 3 nitrogen and oxygen atoms in total. The number of anilines is 1. The molecule has 0 aliphatic heterocycles. The molecule has 1 heterocycles. The van der Waals surface area contributed by atoms with Gasteiger partial charge in [-0.1, -0.05) is 46.3 Å². The van der Waals surface area contributed by atoms with Crippen LogP contribution in [0.15, 0.2) is 77.5 Å². The number of carbonyl (C=O) groups excluding carboxylic acids is 1. The Balaban J connectivity index is 1.66. The molecule has 4 heteroatoms. The fourth-order valence-electron chi connectivity index (χ4n) is 2.78. The van der Waals surface area contributed by atoms with Crippen molar-refractivity contribution in [2.75, 3.05) is 5.32 Å². The molecule has 132 valence electrons. The molecule has 2 aromatic carbocycles. The van der Waals surface area contributed by atoms with Crippen LogP contribution >= 0.6 is 15.9 Å². The number of carbonyl (C=O) groups is 1. The molecule has 0 saturated carbocycles. The summed E-state index contributed by atoms with van der Waals surface area (Å²) in [6, 6.07) is 20.0. The Labute approximate surface area is 162 Å². The largest absolute Gasteiger partial charge is 0.320 e. The van der Waals surface area contributed by atoms with E-state index >= 15 is 0 Å². The van der Waals surface area contributed by atoms with Crippen molar-refractivity contribution in [1.82, 2.24) is 0 Å². The van der Waals surface area contributed by atoms with E-state index in [0.717, 1.165) is 22.1 Å². The zero-order valence-corrected chi connectivity index (χ0v) is 16.5. The van der Waals surface area contributed by atoms with Crippen LogP contribution in [0.25, 0.3) is 0 Å². The van der Waals surface area contributed by atoms with E-state index in [1.165, 1.54) is 11.1 Å². The lowest BCUT2D eigenvalue weighted by atomic mass is 10.1. The number of halogens is 1. The standard InChI is InChI=1S/C22H21BrN2O/c1-16-14-20(8-9-21(16)23)24-22(26)17(2)25-12-10-19(11-13-25)15-18-6-4-3-5-7-18/h3-14,17H,15H2,1-2H3/p+1/t17-/m1/s1. The highest BCUT2D eigenvalue weighted by Crippen LogP contribution is 2.20. The lowest BCUT2D eigenvalue weighted by Gasteiger charge is -2.10. The Morgan fingerprint density at radius 1 is 1.04 bits per heavy atom. The highest BCUT2D eigenvalue weighted by molar-refractivity contribution is 9.10. The molecule has 0 unspecified atom stereocenters. The number of hydrogen-bond donors (Lipinski definition) is 1. The molecule has 0 radical (unpaired) electrons. The molecule has 0 fully saturated rings. The summed E-state index contributed by atoms with van der Waals surface area (Å²) in [5.41, 5.74) is 4.41. The Hall–Kier alpha value is -2.46. The molecule has 1 atom stereocenters. The van der Waals surface area contributed by atoms with Crippen LogP contribution in [0.1, 0.15) is 29.7 Å². The molecule has 0 aliphatic carbocycles. The molecule has 0 saturated heterocycles. The predicted octanol–water partition coefficient (Wildman–Crippen LogP) is 4.84. The number of benzene rings is 2. The van der Waals surface area contributed by atoms with Gasteiger partial charge in [-0.2, -0.15) is 4.57 Å². The fourth-order valence-corrected chi connectivity index (χ4v) is 3.03. The van der Waals surface area contributed by atoms with Crippen LogP contribution in [-0.2, 0) is 11.2 Å². The zero-order chi connectivity index (χ0) is 18.5. The minimum absolute atomic E-state index is 0.0347. The molecule has 1 amide bonds. The average Bonchev–Trinajstić information content (AvgIpc) is 2.65. The van der Waals surface area contributed by atoms with Gasteiger partial charge in [0.25, 0.3) is 5.91 Å². The predicted molar refractivity (Wildman–Crippen MR) is 108 cm³/mol. The lowest BCUT2D eigenvalue weighted by molar-refractivity contribution is -0.705. The van der Waals surface area contributed by atoms with E-state index in [4.69, 9.17) is 0 Å². The van der Waals surface area contributed by atoms with Crippen molar-refractivity contribution in [2.45, 2.75) is 26.3 Å². The van der Waals surface area contributed by atoms with Crippen LogP contribution in [0.3, 0.4) is 0 Å². The smallest absolute Gasteiger partial charge is 0.293 e. The van der Waals surface area contributed by atoms with Gasteiger partial charge in [-0.05, 0) is 48.2 Å². The second kappa shape index (κ2) is 8.28. The van der Waals surface area contributed by atoms with Crippen molar-refractivity contribution in [1.29, 1.82) is 0 Å². The van der Waals surface area contributed by atoms with E-state index in [-0.39, 0.29) is 11.9 Å². The fraction of sp³-hybridized carbons (Fsp3) is 0.182. The van der Waals surface area contributed by atoms with E-state index in [1.807, 2.05) is 55.1 Å². The second-order valence-electron chi connectivity index (χ2n) is 6.45. The lowest BCUT2D eigenvalue weighted by Crippen LogP contribution is -2.44. The van der Waals surface area contributed by atoms with Gasteiger partial charge in [0, 0.05) is 29.2 Å². The maximum absolute atomic E-state index is 12.5. The summed E-state index contributed by atoms with van der Waals surface area (Å²) in [6.45, 7) is 3.90. The molecular formula is C22H22BrN2O+. The van der Waals surface area contributed by atoms with Gasteiger partial charge >= 0.3 is 0 Å². The van der Waals surface area contributed by atoms with Crippen LogP contribution < -0.4 is 9.88 Å². The third-order valence-corrected chi connectivity index (χ3v) is 5.31. The molecule has 0 aliphatic rings. The monoisotopic (exact) mass is 409 g/mol. The molecule has 3 aromatic rings. The average molecular weight is 410 g/mol. The van der Waals surface area contributed by atoms with Gasteiger partial charge in [0.05, 0.1) is 0 Å². The van der Waals surface area contributed by atoms with Gasteiger partial charge in [0.15, 0.2) is 12.4 Å². The Morgan fingerprint density at radius 2 is 1.69 bits per heavy atom. The number of amides is 1.